The topological polar surface area (TPSA) is 85.1 Å². The first-order valence-corrected chi connectivity index (χ1v) is 8.25. The van der Waals surface area contributed by atoms with Crippen LogP contribution in [0.1, 0.15) is 11.3 Å². The van der Waals surface area contributed by atoms with Crippen molar-refractivity contribution in [3.05, 3.63) is 51.9 Å². The molecule has 0 unspecified atom stereocenters. The molecule has 1 heterocycles. The molecule has 5 nitrogen and oxygen atoms in total. The second-order valence-electron chi connectivity index (χ2n) is 4.34. The number of benzene rings is 1. The van der Waals surface area contributed by atoms with E-state index >= 15 is 0 Å². The number of rotatable bonds is 4. The van der Waals surface area contributed by atoms with Crippen LogP contribution in [-0.4, -0.2) is 13.4 Å². The number of nitrogens with two attached hydrogens (primary N) is 1. The van der Waals surface area contributed by atoms with Crippen LogP contribution in [0.5, 0.6) is 0 Å². The van der Waals surface area contributed by atoms with E-state index < -0.39 is 20.7 Å². The molecule has 0 aliphatic rings. The molecule has 0 saturated carbocycles. The molecule has 0 radical (unpaired) electrons. The zero-order valence-corrected chi connectivity index (χ0v) is 13.5. The van der Waals surface area contributed by atoms with E-state index in [-0.39, 0.29) is 12.4 Å². The quantitative estimate of drug-likeness (QED) is 0.862. The summed E-state index contributed by atoms with van der Waals surface area (Å²) in [6.45, 7) is 1.84. The zero-order chi connectivity index (χ0) is 15.6. The van der Waals surface area contributed by atoms with E-state index in [0.29, 0.717) is 11.3 Å². The average Bonchev–Trinajstić information content (AvgIpc) is 2.43. The van der Waals surface area contributed by atoms with Crippen molar-refractivity contribution >= 4 is 31.8 Å². The maximum atomic E-state index is 13.8. The third-order valence-electron chi connectivity index (χ3n) is 2.78. The molecule has 0 aliphatic carbocycles. The molecule has 2 rings (SSSR count). The lowest BCUT2D eigenvalue weighted by Crippen LogP contribution is -2.16. The van der Waals surface area contributed by atoms with Crippen LogP contribution < -0.4 is 10.5 Å². The van der Waals surface area contributed by atoms with Crippen molar-refractivity contribution in [3.63, 3.8) is 0 Å². The van der Waals surface area contributed by atoms with Crippen molar-refractivity contribution in [1.29, 1.82) is 0 Å². The Balaban J connectivity index is 2.40. The largest absolute Gasteiger partial charge is 0.326 e. The van der Waals surface area contributed by atoms with Gasteiger partial charge in [0.15, 0.2) is 0 Å². The molecule has 0 amide bonds. The van der Waals surface area contributed by atoms with Gasteiger partial charge in [0.1, 0.15) is 16.5 Å². The molecule has 1 aromatic carbocycles. The molecule has 2 aromatic rings. The SMILES string of the molecule is Cc1nc(NS(=O)(=O)c2cc(CN)ccc2F)ccc1Br. The van der Waals surface area contributed by atoms with Gasteiger partial charge in [-0.15, -0.1) is 0 Å². The molecular formula is C13H13BrFN3O2S. The summed E-state index contributed by atoms with van der Waals surface area (Å²) in [6.07, 6.45) is 0. The molecule has 1 aromatic heterocycles. The number of anilines is 1. The molecule has 3 N–H and O–H groups in total. The third kappa shape index (κ3) is 3.58. The molecule has 112 valence electrons. The van der Waals surface area contributed by atoms with Gasteiger partial charge in [-0.25, -0.2) is 17.8 Å². The summed E-state index contributed by atoms with van der Waals surface area (Å²) in [4.78, 5) is 3.62. The summed E-state index contributed by atoms with van der Waals surface area (Å²) in [5.41, 5.74) is 6.59. The smallest absolute Gasteiger partial charge is 0.265 e. The van der Waals surface area contributed by atoms with Gasteiger partial charge in [0.05, 0.1) is 5.69 Å². The number of nitrogens with one attached hydrogen (secondary N) is 1. The fraction of sp³-hybridized carbons (Fsp3) is 0.154. The summed E-state index contributed by atoms with van der Waals surface area (Å²) in [5.74, 6) is -0.721. The molecule has 0 saturated heterocycles. The predicted molar refractivity (Wildman–Crippen MR) is 81.8 cm³/mol. The van der Waals surface area contributed by atoms with E-state index in [1.165, 1.54) is 18.2 Å². The van der Waals surface area contributed by atoms with E-state index in [2.05, 4.69) is 25.6 Å². The molecule has 0 bridgehead atoms. The Bertz CT molecular complexity index is 781. The number of aryl methyl sites for hydroxylation is 1. The Morgan fingerprint density at radius 3 is 2.67 bits per heavy atom. The van der Waals surface area contributed by atoms with Crippen molar-refractivity contribution < 1.29 is 12.8 Å². The predicted octanol–water partition coefficient (Wildman–Crippen LogP) is 2.55. The molecule has 0 spiro atoms. The van der Waals surface area contributed by atoms with E-state index in [1.807, 2.05) is 0 Å². The fourth-order valence-corrected chi connectivity index (χ4v) is 3.03. The van der Waals surface area contributed by atoms with Crippen molar-refractivity contribution in [3.8, 4) is 0 Å². The second-order valence-corrected chi connectivity index (χ2v) is 6.84. The maximum absolute atomic E-state index is 13.8. The number of pyridine rings is 1. The van der Waals surface area contributed by atoms with Gasteiger partial charge in [0, 0.05) is 11.0 Å². The number of hydrogen-bond acceptors (Lipinski definition) is 4. The van der Waals surface area contributed by atoms with E-state index in [9.17, 15) is 12.8 Å². The Labute approximate surface area is 130 Å². The Morgan fingerprint density at radius 2 is 2.05 bits per heavy atom. The fourth-order valence-electron chi connectivity index (χ4n) is 1.67. The van der Waals surface area contributed by atoms with Gasteiger partial charge >= 0.3 is 0 Å². The van der Waals surface area contributed by atoms with Crippen LogP contribution in [0.15, 0.2) is 39.7 Å². The monoisotopic (exact) mass is 373 g/mol. The lowest BCUT2D eigenvalue weighted by molar-refractivity contribution is 0.569. The highest BCUT2D eigenvalue weighted by molar-refractivity contribution is 9.10. The van der Waals surface area contributed by atoms with Gasteiger partial charge in [0.25, 0.3) is 10.0 Å². The molecular weight excluding hydrogens is 361 g/mol. The summed E-state index contributed by atoms with van der Waals surface area (Å²) in [6, 6.07) is 6.88. The molecule has 8 heteroatoms. The minimum atomic E-state index is -4.06. The van der Waals surface area contributed by atoms with Gasteiger partial charge in [-0.3, -0.25) is 4.72 Å². The van der Waals surface area contributed by atoms with Gasteiger partial charge in [-0.1, -0.05) is 6.07 Å². The molecule has 0 fully saturated rings. The minimum Gasteiger partial charge on any atom is -0.326 e. The first-order valence-electron chi connectivity index (χ1n) is 5.98. The minimum absolute atomic E-state index is 0.119. The highest BCUT2D eigenvalue weighted by Gasteiger charge is 2.20. The lowest BCUT2D eigenvalue weighted by Gasteiger charge is -2.10. The van der Waals surface area contributed by atoms with Crippen LogP contribution in [0.25, 0.3) is 0 Å². The standard InChI is InChI=1S/C13H13BrFN3O2S/c1-8-10(14)3-5-13(17-8)18-21(19,20)12-6-9(7-16)2-4-11(12)15/h2-6H,7,16H2,1H3,(H,17,18). The number of sulfonamides is 1. The van der Waals surface area contributed by atoms with Crippen LogP contribution >= 0.6 is 15.9 Å². The molecule has 21 heavy (non-hydrogen) atoms. The summed E-state index contributed by atoms with van der Waals surface area (Å²) in [7, 11) is -4.06. The number of halogens is 2. The Hall–Kier alpha value is -1.51. The van der Waals surface area contributed by atoms with Crippen LogP contribution in [-0.2, 0) is 16.6 Å². The van der Waals surface area contributed by atoms with E-state index in [1.54, 1.807) is 13.0 Å². The zero-order valence-electron chi connectivity index (χ0n) is 11.1. The summed E-state index contributed by atoms with van der Waals surface area (Å²) in [5, 5.41) is 0. The Kier molecular flexibility index (Phi) is 4.60. The lowest BCUT2D eigenvalue weighted by atomic mass is 10.2. The van der Waals surface area contributed by atoms with Crippen LogP contribution in [0.3, 0.4) is 0 Å². The van der Waals surface area contributed by atoms with Gasteiger partial charge in [-0.2, -0.15) is 0 Å². The van der Waals surface area contributed by atoms with Crippen LogP contribution in [0, 0.1) is 12.7 Å². The normalized spacial score (nSPS) is 11.4. The third-order valence-corrected chi connectivity index (χ3v) is 4.99. The van der Waals surface area contributed by atoms with Crippen LogP contribution in [0.2, 0.25) is 0 Å². The van der Waals surface area contributed by atoms with Gasteiger partial charge in [0.2, 0.25) is 0 Å². The molecule has 0 atom stereocenters. The van der Waals surface area contributed by atoms with E-state index in [4.69, 9.17) is 5.73 Å². The summed E-state index contributed by atoms with van der Waals surface area (Å²) >= 11 is 3.27. The average molecular weight is 374 g/mol. The van der Waals surface area contributed by atoms with Crippen molar-refractivity contribution in [2.24, 2.45) is 5.73 Å². The van der Waals surface area contributed by atoms with Crippen molar-refractivity contribution in [1.82, 2.24) is 4.98 Å². The number of aromatic nitrogens is 1. The van der Waals surface area contributed by atoms with Crippen molar-refractivity contribution in [2.75, 3.05) is 4.72 Å². The number of hydrogen-bond donors (Lipinski definition) is 2. The highest BCUT2D eigenvalue weighted by atomic mass is 79.9. The van der Waals surface area contributed by atoms with E-state index in [0.717, 1.165) is 10.5 Å². The van der Waals surface area contributed by atoms with Gasteiger partial charge in [-0.05, 0) is 52.7 Å². The van der Waals surface area contributed by atoms with Crippen LogP contribution in [0.4, 0.5) is 10.2 Å². The Morgan fingerprint density at radius 1 is 1.33 bits per heavy atom. The molecule has 0 aliphatic heterocycles. The summed E-state index contributed by atoms with van der Waals surface area (Å²) < 4.78 is 41.3. The first-order chi connectivity index (χ1) is 9.83. The van der Waals surface area contributed by atoms with Crippen molar-refractivity contribution in [2.45, 2.75) is 18.4 Å². The second kappa shape index (κ2) is 6.08. The first kappa shape index (κ1) is 15.9. The van der Waals surface area contributed by atoms with Gasteiger partial charge < -0.3 is 5.73 Å². The number of nitrogens with zero attached hydrogens (tertiary/aromatic N) is 1. The maximum Gasteiger partial charge on any atom is 0.265 e. The highest BCUT2D eigenvalue weighted by Crippen LogP contribution is 2.21.